The Labute approximate surface area is 156 Å². The lowest BCUT2D eigenvalue weighted by Crippen LogP contribution is -2.35. The maximum Gasteiger partial charge on any atom is 0.311 e. The van der Waals surface area contributed by atoms with E-state index in [0.29, 0.717) is 24.0 Å². The highest BCUT2D eigenvalue weighted by atomic mass is 16.5. The van der Waals surface area contributed by atoms with E-state index >= 15 is 0 Å². The van der Waals surface area contributed by atoms with E-state index in [0.717, 1.165) is 6.61 Å². The van der Waals surface area contributed by atoms with Gasteiger partial charge in [0.2, 0.25) is 5.91 Å². The molecular formula is C19H32N2O5. The molecule has 1 aromatic carbocycles. The van der Waals surface area contributed by atoms with Gasteiger partial charge in [-0.2, -0.15) is 0 Å². The molecule has 1 rings (SSSR count). The van der Waals surface area contributed by atoms with Gasteiger partial charge in [0.25, 0.3) is 0 Å². The normalized spacial score (nSPS) is 10.7. The summed E-state index contributed by atoms with van der Waals surface area (Å²) >= 11 is 0. The zero-order valence-electron chi connectivity index (χ0n) is 16.4. The Morgan fingerprint density at radius 2 is 1.62 bits per heavy atom. The minimum Gasteiger partial charge on any atom is -0.497 e. The average molecular weight is 368 g/mol. The molecule has 26 heavy (non-hydrogen) atoms. The Balaban J connectivity index is 0.000000541. The summed E-state index contributed by atoms with van der Waals surface area (Å²) in [6, 6.07) is 6.58. The van der Waals surface area contributed by atoms with Crippen molar-refractivity contribution in [3.63, 3.8) is 0 Å². The summed E-state index contributed by atoms with van der Waals surface area (Å²) in [4.78, 5) is 21.6. The number of hydrogen-bond acceptors (Lipinski definition) is 6. The molecule has 0 saturated carbocycles. The maximum atomic E-state index is 11.2. The number of ether oxygens (including phenoxy) is 3. The lowest BCUT2D eigenvalue weighted by atomic mass is 10.1. The van der Waals surface area contributed by atoms with Crippen molar-refractivity contribution in [1.82, 2.24) is 0 Å². The van der Waals surface area contributed by atoms with Crippen LogP contribution in [0.3, 0.4) is 0 Å². The van der Waals surface area contributed by atoms with Crippen molar-refractivity contribution in [3.05, 3.63) is 24.3 Å². The van der Waals surface area contributed by atoms with E-state index in [9.17, 15) is 9.59 Å². The SMILES string of the molecule is CC(C)COC(C)(C)CN.COc1ccc(OC(=O)CCC(N)=O)cc1. The van der Waals surface area contributed by atoms with Crippen LogP contribution < -0.4 is 20.9 Å². The predicted octanol–water partition coefficient (Wildman–Crippen LogP) is 2.26. The summed E-state index contributed by atoms with van der Waals surface area (Å²) in [6.45, 7) is 9.66. The summed E-state index contributed by atoms with van der Waals surface area (Å²) in [5, 5.41) is 0. The lowest BCUT2D eigenvalue weighted by molar-refractivity contribution is -0.136. The molecule has 0 aromatic heterocycles. The smallest absolute Gasteiger partial charge is 0.311 e. The second-order valence-electron chi connectivity index (χ2n) is 6.78. The van der Waals surface area contributed by atoms with E-state index in [1.807, 2.05) is 13.8 Å². The van der Waals surface area contributed by atoms with Gasteiger partial charge in [0.05, 0.1) is 19.1 Å². The number of benzene rings is 1. The number of carbonyl (C=O) groups excluding carboxylic acids is 2. The number of carbonyl (C=O) groups is 2. The van der Waals surface area contributed by atoms with Gasteiger partial charge in [0.15, 0.2) is 0 Å². The van der Waals surface area contributed by atoms with Gasteiger partial charge < -0.3 is 25.7 Å². The van der Waals surface area contributed by atoms with Crippen molar-refractivity contribution in [2.24, 2.45) is 17.4 Å². The highest BCUT2D eigenvalue weighted by molar-refractivity contribution is 5.80. The molecule has 7 nitrogen and oxygen atoms in total. The van der Waals surface area contributed by atoms with Gasteiger partial charge in [-0.25, -0.2) is 0 Å². The van der Waals surface area contributed by atoms with Crippen LogP contribution in [0.4, 0.5) is 0 Å². The van der Waals surface area contributed by atoms with E-state index in [2.05, 4.69) is 13.8 Å². The summed E-state index contributed by atoms with van der Waals surface area (Å²) < 4.78 is 15.4. The highest BCUT2D eigenvalue weighted by Gasteiger charge is 2.15. The van der Waals surface area contributed by atoms with Crippen LogP contribution in [-0.2, 0) is 14.3 Å². The van der Waals surface area contributed by atoms with Gasteiger partial charge in [0, 0.05) is 19.6 Å². The van der Waals surface area contributed by atoms with Crippen molar-refractivity contribution in [3.8, 4) is 11.5 Å². The first-order valence-corrected chi connectivity index (χ1v) is 8.56. The second kappa shape index (κ2) is 12.3. The van der Waals surface area contributed by atoms with Crippen LogP contribution in [0.1, 0.15) is 40.5 Å². The number of primary amides is 1. The Hall–Kier alpha value is -2.12. The molecule has 0 aliphatic rings. The first-order valence-electron chi connectivity index (χ1n) is 8.56. The van der Waals surface area contributed by atoms with Gasteiger partial charge >= 0.3 is 5.97 Å². The van der Waals surface area contributed by atoms with Crippen LogP contribution in [0.5, 0.6) is 11.5 Å². The molecule has 0 radical (unpaired) electrons. The van der Waals surface area contributed by atoms with Crippen molar-refractivity contribution in [2.45, 2.75) is 46.1 Å². The largest absolute Gasteiger partial charge is 0.497 e. The van der Waals surface area contributed by atoms with Gasteiger partial charge in [0.1, 0.15) is 11.5 Å². The van der Waals surface area contributed by atoms with Gasteiger partial charge in [-0.05, 0) is 44.0 Å². The molecule has 0 spiro atoms. The minimum absolute atomic E-state index is 0.00497. The molecular weight excluding hydrogens is 336 g/mol. The molecule has 4 N–H and O–H groups in total. The third-order valence-corrected chi connectivity index (χ3v) is 3.17. The lowest BCUT2D eigenvalue weighted by Gasteiger charge is -2.24. The van der Waals surface area contributed by atoms with E-state index < -0.39 is 11.9 Å². The third kappa shape index (κ3) is 12.3. The quantitative estimate of drug-likeness (QED) is 0.510. The number of esters is 1. The molecule has 1 aromatic rings. The zero-order chi connectivity index (χ0) is 20.2. The van der Waals surface area contributed by atoms with Gasteiger partial charge in [-0.3, -0.25) is 9.59 Å². The monoisotopic (exact) mass is 368 g/mol. The van der Waals surface area contributed by atoms with Crippen molar-refractivity contribution in [1.29, 1.82) is 0 Å². The fourth-order valence-electron chi connectivity index (χ4n) is 1.50. The van der Waals surface area contributed by atoms with Crippen LogP contribution >= 0.6 is 0 Å². The number of rotatable bonds is 9. The van der Waals surface area contributed by atoms with E-state index in [-0.39, 0.29) is 18.4 Å². The number of hydrogen-bond donors (Lipinski definition) is 2. The average Bonchev–Trinajstić information content (AvgIpc) is 2.59. The molecule has 0 bridgehead atoms. The summed E-state index contributed by atoms with van der Waals surface area (Å²) in [7, 11) is 1.55. The van der Waals surface area contributed by atoms with Crippen LogP contribution in [-0.4, -0.2) is 37.7 Å². The molecule has 1 amide bonds. The Bertz CT molecular complexity index is 541. The van der Waals surface area contributed by atoms with Crippen molar-refractivity contribution in [2.75, 3.05) is 20.3 Å². The second-order valence-corrected chi connectivity index (χ2v) is 6.78. The van der Waals surface area contributed by atoms with Gasteiger partial charge in [-0.1, -0.05) is 13.8 Å². The first kappa shape index (κ1) is 23.9. The van der Waals surface area contributed by atoms with Crippen LogP contribution in [0.2, 0.25) is 0 Å². The molecule has 0 heterocycles. The topological polar surface area (TPSA) is 114 Å². The summed E-state index contributed by atoms with van der Waals surface area (Å²) in [5.74, 6) is 0.675. The number of amides is 1. The molecule has 148 valence electrons. The van der Waals surface area contributed by atoms with E-state index in [1.54, 1.807) is 31.4 Å². The van der Waals surface area contributed by atoms with Gasteiger partial charge in [-0.15, -0.1) is 0 Å². The molecule has 0 unspecified atom stereocenters. The Kier molecular flexibility index (Phi) is 11.3. The molecule has 7 heteroatoms. The van der Waals surface area contributed by atoms with Crippen molar-refractivity contribution >= 4 is 11.9 Å². The summed E-state index contributed by atoms with van der Waals surface area (Å²) in [6.07, 6.45) is -0.0175. The first-order chi connectivity index (χ1) is 12.1. The zero-order valence-corrected chi connectivity index (χ0v) is 16.4. The van der Waals surface area contributed by atoms with E-state index in [4.69, 9.17) is 25.7 Å². The fraction of sp³-hybridized carbons (Fsp3) is 0.579. The Morgan fingerprint density at radius 3 is 2.04 bits per heavy atom. The Morgan fingerprint density at radius 1 is 1.08 bits per heavy atom. The van der Waals surface area contributed by atoms with Crippen LogP contribution in [0.15, 0.2) is 24.3 Å². The number of methoxy groups -OCH3 is 1. The minimum atomic E-state index is -0.522. The predicted molar refractivity (Wildman–Crippen MR) is 101 cm³/mol. The van der Waals surface area contributed by atoms with Crippen molar-refractivity contribution < 1.29 is 23.8 Å². The molecule has 0 saturated heterocycles. The van der Waals surface area contributed by atoms with E-state index in [1.165, 1.54) is 0 Å². The fourth-order valence-corrected chi connectivity index (χ4v) is 1.50. The standard InChI is InChI=1S/C11H13NO4.C8H19NO/c1-15-8-2-4-9(5-3-8)16-11(14)7-6-10(12)13;1-7(2)5-10-8(3,4)6-9/h2-5H,6-7H2,1H3,(H2,12,13);7H,5-6,9H2,1-4H3. The highest BCUT2D eigenvalue weighted by Crippen LogP contribution is 2.17. The van der Waals surface area contributed by atoms with Crippen LogP contribution in [0.25, 0.3) is 0 Å². The maximum absolute atomic E-state index is 11.2. The summed E-state index contributed by atoms with van der Waals surface area (Å²) in [5.41, 5.74) is 10.2. The molecule has 0 fully saturated rings. The molecule has 0 aliphatic carbocycles. The molecule has 0 aliphatic heterocycles. The third-order valence-electron chi connectivity index (χ3n) is 3.17. The number of nitrogens with two attached hydrogens (primary N) is 2. The molecule has 0 atom stereocenters. The van der Waals surface area contributed by atoms with Crippen LogP contribution in [0, 0.1) is 5.92 Å².